The maximum absolute atomic E-state index is 12.6. The molecular formula is C20H31NO10S3. The average molecular weight is 542 g/mol. The van der Waals surface area contributed by atoms with Crippen molar-refractivity contribution >= 4 is 44.1 Å². The number of hydrogen-bond acceptors (Lipinski definition) is 11. The van der Waals surface area contributed by atoms with E-state index >= 15 is 0 Å². The van der Waals surface area contributed by atoms with E-state index in [0.29, 0.717) is 0 Å². The Bertz CT molecular complexity index is 1000. The van der Waals surface area contributed by atoms with Crippen LogP contribution in [0.1, 0.15) is 26.3 Å². The Labute approximate surface area is 205 Å². The second kappa shape index (κ2) is 13.3. The first-order chi connectivity index (χ1) is 15.5. The first-order valence-electron chi connectivity index (χ1n) is 10.0. The molecule has 1 amide bonds. The van der Waals surface area contributed by atoms with Crippen molar-refractivity contribution in [3.05, 3.63) is 35.9 Å². The van der Waals surface area contributed by atoms with Gasteiger partial charge in [0, 0.05) is 11.5 Å². The van der Waals surface area contributed by atoms with Crippen LogP contribution < -0.4 is 5.32 Å². The third-order valence-corrected chi connectivity index (χ3v) is 5.93. The first kappa shape index (κ1) is 30.2. The molecule has 2 atom stereocenters. The van der Waals surface area contributed by atoms with Crippen molar-refractivity contribution in [1.82, 2.24) is 5.32 Å². The fourth-order valence-electron chi connectivity index (χ4n) is 2.32. The van der Waals surface area contributed by atoms with Crippen LogP contribution in [0.15, 0.2) is 30.3 Å². The standard InChI is InChI=1S/C20H31NO10S3/c1-20(2,3)30-18(22)17(21-19(23)28-11-15-9-7-6-8-10-15)14-32-13-16(31-34(5,26)27)12-29-33(4,24)25/h6-10,16-17H,11-14H2,1-5H3,(H,21,23)/t16-,17?/m1/s1. The van der Waals surface area contributed by atoms with Gasteiger partial charge in [0.05, 0.1) is 19.1 Å². The number of esters is 1. The van der Waals surface area contributed by atoms with Gasteiger partial charge in [0.2, 0.25) is 0 Å². The van der Waals surface area contributed by atoms with Crippen molar-refractivity contribution in [2.24, 2.45) is 0 Å². The van der Waals surface area contributed by atoms with Gasteiger partial charge in [0.1, 0.15) is 24.4 Å². The highest BCUT2D eigenvalue weighted by Crippen LogP contribution is 2.15. The molecule has 14 heteroatoms. The van der Waals surface area contributed by atoms with Crippen molar-refractivity contribution in [2.75, 3.05) is 30.6 Å². The SMILES string of the molecule is CC(C)(C)OC(=O)C(CSC[C@@H](COS(C)(=O)=O)OS(C)(=O)=O)NC(=O)OCc1ccccc1. The molecule has 1 aromatic rings. The van der Waals surface area contributed by atoms with Gasteiger partial charge in [-0.25, -0.2) is 9.59 Å². The lowest BCUT2D eigenvalue weighted by atomic mass is 10.2. The topological polar surface area (TPSA) is 151 Å². The number of carbonyl (C=O) groups excluding carboxylic acids is 2. The Morgan fingerprint density at radius 2 is 1.62 bits per heavy atom. The van der Waals surface area contributed by atoms with E-state index in [-0.39, 0.29) is 18.1 Å². The second-order valence-corrected chi connectivity index (χ2v) is 12.6. The van der Waals surface area contributed by atoms with Crippen molar-refractivity contribution in [3.63, 3.8) is 0 Å². The van der Waals surface area contributed by atoms with Crippen LogP contribution in [0, 0.1) is 0 Å². The van der Waals surface area contributed by atoms with E-state index in [1.54, 1.807) is 45.0 Å². The summed E-state index contributed by atoms with van der Waals surface area (Å²) in [7, 11) is -7.73. The van der Waals surface area contributed by atoms with Crippen LogP contribution in [0.5, 0.6) is 0 Å². The molecule has 1 rings (SSSR count). The lowest BCUT2D eigenvalue weighted by Crippen LogP contribution is -2.46. The van der Waals surface area contributed by atoms with Gasteiger partial charge >= 0.3 is 12.1 Å². The molecule has 0 fully saturated rings. The number of benzene rings is 1. The number of nitrogens with one attached hydrogen (secondary N) is 1. The average Bonchev–Trinajstić information content (AvgIpc) is 2.67. The second-order valence-electron chi connectivity index (χ2n) is 8.24. The number of amides is 1. The smallest absolute Gasteiger partial charge is 0.408 e. The Hall–Kier alpha value is -1.87. The molecule has 0 saturated carbocycles. The minimum Gasteiger partial charge on any atom is -0.458 e. The number of thioether (sulfide) groups is 1. The molecule has 194 valence electrons. The normalized spacial score (nSPS) is 14.1. The van der Waals surface area contributed by atoms with E-state index < -0.39 is 56.7 Å². The summed E-state index contributed by atoms with van der Waals surface area (Å²) in [5, 5.41) is 2.45. The van der Waals surface area contributed by atoms with Crippen LogP contribution in [0.4, 0.5) is 4.79 Å². The van der Waals surface area contributed by atoms with Crippen LogP contribution in [0.2, 0.25) is 0 Å². The van der Waals surface area contributed by atoms with Gasteiger partial charge in [-0.3, -0.25) is 8.37 Å². The number of carbonyl (C=O) groups is 2. The van der Waals surface area contributed by atoms with E-state index in [2.05, 4.69) is 9.50 Å². The highest BCUT2D eigenvalue weighted by atomic mass is 32.2. The molecular weight excluding hydrogens is 510 g/mol. The van der Waals surface area contributed by atoms with Gasteiger partial charge in [-0.1, -0.05) is 30.3 Å². The molecule has 0 aliphatic rings. The minimum absolute atomic E-state index is 0.00599. The predicted octanol–water partition coefficient (Wildman–Crippen LogP) is 1.68. The Morgan fingerprint density at radius 3 is 2.15 bits per heavy atom. The number of ether oxygens (including phenoxy) is 2. The fourth-order valence-corrected chi connectivity index (χ4v) is 4.44. The Morgan fingerprint density at radius 1 is 1.00 bits per heavy atom. The van der Waals surface area contributed by atoms with Crippen molar-refractivity contribution < 1.29 is 44.3 Å². The van der Waals surface area contributed by atoms with Gasteiger partial charge in [-0.2, -0.15) is 28.6 Å². The quantitative estimate of drug-likeness (QED) is 0.287. The van der Waals surface area contributed by atoms with Gasteiger partial charge in [-0.15, -0.1) is 0 Å². The maximum Gasteiger partial charge on any atom is 0.408 e. The van der Waals surface area contributed by atoms with Crippen LogP contribution in [-0.4, -0.2) is 77.3 Å². The summed E-state index contributed by atoms with van der Waals surface area (Å²) in [5.74, 6) is -0.801. The molecule has 0 bridgehead atoms. The molecule has 1 unspecified atom stereocenters. The van der Waals surface area contributed by atoms with Crippen molar-refractivity contribution in [1.29, 1.82) is 0 Å². The number of alkyl carbamates (subject to hydrolysis) is 1. The molecule has 11 nitrogen and oxygen atoms in total. The van der Waals surface area contributed by atoms with Crippen LogP contribution >= 0.6 is 11.8 Å². The molecule has 0 saturated heterocycles. The predicted molar refractivity (Wildman–Crippen MR) is 127 cm³/mol. The zero-order valence-electron chi connectivity index (χ0n) is 19.7. The minimum atomic E-state index is -3.90. The zero-order valence-corrected chi connectivity index (χ0v) is 22.1. The van der Waals surface area contributed by atoms with E-state index in [1.807, 2.05) is 6.07 Å². The molecule has 1 aromatic carbocycles. The molecule has 0 aliphatic carbocycles. The molecule has 0 aromatic heterocycles. The number of rotatable bonds is 13. The van der Waals surface area contributed by atoms with Crippen LogP contribution in [0.3, 0.4) is 0 Å². The maximum atomic E-state index is 12.6. The largest absolute Gasteiger partial charge is 0.458 e. The lowest BCUT2D eigenvalue weighted by Gasteiger charge is -2.24. The number of hydrogen-bond donors (Lipinski definition) is 1. The molecule has 34 heavy (non-hydrogen) atoms. The third-order valence-electron chi connectivity index (χ3n) is 3.56. The summed E-state index contributed by atoms with van der Waals surface area (Å²) in [6, 6.07) is 7.82. The van der Waals surface area contributed by atoms with Crippen molar-refractivity contribution in [3.8, 4) is 0 Å². The summed E-state index contributed by atoms with van der Waals surface area (Å²) in [5.41, 5.74) is -0.0616. The Kier molecular flexibility index (Phi) is 11.8. The lowest BCUT2D eigenvalue weighted by molar-refractivity contribution is -0.156. The molecule has 0 radical (unpaired) electrons. The summed E-state index contributed by atoms with van der Waals surface area (Å²) in [6.45, 7) is 4.46. The molecule has 0 aliphatic heterocycles. The fraction of sp³-hybridized carbons (Fsp3) is 0.600. The van der Waals surface area contributed by atoms with E-state index in [0.717, 1.165) is 29.8 Å². The van der Waals surface area contributed by atoms with Crippen LogP contribution in [-0.2, 0) is 49.5 Å². The summed E-state index contributed by atoms with van der Waals surface area (Å²) in [4.78, 5) is 24.8. The van der Waals surface area contributed by atoms with E-state index in [1.165, 1.54) is 0 Å². The molecule has 0 spiro atoms. The van der Waals surface area contributed by atoms with Gasteiger partial charge < -0.3 is 14.8 Å². The van der Waals surface area contributed by atoms with Gasteiger partial charge in [-0.05, 0) is 26.3 Å². The Balaban J connectivity index is 2.78. The first-order valence-corrected chi connectivity index (χ1v) is 14.8. The van der Waals surface area contributed by atoms with Gasteiger partial charge in [0.25, 0.3) is 20.2 Å². The molecule has 0 heterocycles. The van der Waals surface area contributed by atoms with E-state index in [9.17, 15) is 26.4 Å². The van der Waals surface area contributed by atoms with Crippen LogP contribution in [0.25, 0.3) is 0 Å². The summed E-state index contributed by atoms with van der Waals surface area (Å²) < 4.78 is 65.4. The third kappa shape index (κ3) is 15.1. The highest BCUT2D eigenvalue weighted by Gasteiger charge is 2.28. The highest BCUT2D eigenvalue weighted by molar-refractivity contribution is 7.99. The molecule has 1 N–H and O–H groups in total. The van der Waals surface area contributed by atoms with E-state index in [4.69, 9.17) is 13.7 Å². The zero-order chi connectivity index (χ0) is 26.0. The van der Waals surface area contributed by atoms with Gasteiger partial charge in [0.15, 0.2) is 0 Å². The summed E-state index contributed by atoms with van der Waals surface area (Å²) in [6.07, 6.45) is -0.344. The monoisotopic (exact) mass is 541 g/mol. The van der Waals surface area contributed by atoms with Crippen molar-refractivity contribution in [2.45, 2.75) is 45.1 Å². The summed E-state index contributed by atoms with van der Waals surface area (Å²) >= 11 is 1.04.